The van der Waals surface area contributed by atoms with Crippen molar-refractivity contribution in [1.82, 2.24) is 5.32 Å². The number of methoxy groups -OCH3 is 1. The van der Waals surface area contributed by atoms with Gasteiger partial charge in [0, 0.05) is 24.2 Å². The van der Waals surface area contributed by atoms with E-state index in [4.69, 9.17) is 26.2 Å². The Balaban J connectivity index is 2.03. The maximum Gasteiger partial charge on any atom is 0.163 e. The Morgan fingerprint density at radius 3 is 2.54 bits per heavy atom. The van der Waals surface area contributed by atoms with Crippen molar-refractivity contribution >= 4 is 11.6 Å². The van der Waals surface area contributed by atoms with E-state index in [9.17, 15) is 0 Å². The molecule has 130 valence electrons. The van der Waals surface area contributed by atoms with Gasteiger partial charge >= 0.3 is 0 Å². The van der Waals surface area contributed by atoms with Gasteiger partial charge in [-0.2, -0.15) is 0 Å². The first-order valence-electron chi connectivity index (χ1n) is 8.00. The van der Waals surface area contributed by atoms with Gasteiger partial charge in [-0.05, 0) is 37.1 Å². The first kappa shape index (κ1) is 18.6. The largest absolute Gasteiger partial charge is 0.493 e. The zero-order chi connectivity index (χ0) is 17.4. The van der Waals surface area contributed by atoms with Gasteiger partial charge in [-0.3, -0.25) is 0 Å². The molecule has 24 heavy (non-hydrogen) atoms. The first-order valence-corrected chi connectivity index (χ1v) is 8.38. The third-order valence-corrected chi connectivity index (χ3v) is 4.03. The molecule has 0 spiro atoms. The van der Waals surface area contributed by atoms with Crippen molar-refractivity contribution in [2.24, 2.45) is 0 Å². The highest BCUT2D eigenvalue weighted by Gasteiger charge is 2.11. The van der Waals surface area contributed by atoms with Crippen LogP contribution in [0, 0.1) is 6.92 Å². The number of hydrogen-bond acceptors (Lipinski definition) is 4. The molecule has 2 N–H and O–H groups in total. The second-order valence-corrected chi connectivity index (χ2v) is 6.03. The lowest BCUT2D eigenvalue weighted by molar-refractivity contribution is 0.283. The summed E-state index contributed by atoms with van der Waals surface area (Å²) in [7, 11) is 1.62. The highest BCUT2D eigenvalue weighted by Crippen LogP contribution is 2.34. The second kappa shape index (κ2) is 9.52. The van der Waals surface area contributed by atoms with Crippen LogP contribution in [0.1, 0.15) is 23.1 Å². The van der Waals surface area contributed by atoms with Crippen LogP contribution in [-0.2, 0) is 13.2 Å². The summed E-state index contributed by atoms with van der Waals surface area (Å²) in [5.74, 6) is 1.28. The van der Waals surface area contributed by atoms with E-state index in [1.165, 1.54) is 5.56 Å². The molecule has 0 unspecified atom stereocenters. The third-order valence-electron chi connectivity index (χ3n) is 3.67. The number of aliphatic hydroxyl groups excluding tert-OH is 1. The molecule has 0 amide bonds. The van der Waals surface area contributed by atoms with Gasteiger partial charge in [-0.1, -0.05) is 41.4 Å². The van der Waals surface area contributed by atoms with Gasteiger partial charge in [-0.25, -0.2) is 0 Å². The normalized spacial score (nSPS) is 10.7. The molecule has 0 heterocycles. The predicted molar refractivity (Wildman–Crippen MR) is 96.9 cm³/mol. The van der Waals surface area contributed by atoms with Crippen molar-refractivity contribution in [3.63, 3.8) is 0 Å². The van der Waals surface area contributed by atoms with Crippen LogP contribution < -0.4 is 14.8 Å². The Labute approximate surface area is 148 Å². The van der Waals surface area contributed by atoms with Crippen molar-refractivity contribution in [2.75, 3.05) is 20.3 Å². The summed E-state index contributed by atoms with van der Waals surface area (Å²) < 4.78 is 11.3. The van der Waals surface area contributed by atoms with Gasteiger partial charge in [-0.15, -0.1) is 0 Å². The number of hydrogen-bond donors (Lipinski definition) is 2. The van der Waals surface area contributed by atoms with Gasteiger partial charge in [0.2, 0.25) is 0 Å². The molecule has 0 fully saturated rings. The van der Waals surface area contributed by atoms with Crippen LogP contribution in [0.2, 0.25) is 5.02 Å². The number of nitrogens with one attached hydrogen (secondary N) is 1. The average molecular weight is 350 g/mol. The number of rotatable bonds is 9. The maximum atomic E-state index is 8.80. The Morgan fingerprint density at radius 1 is 1.12 bits per heavy atom. The Hall–Kier alpha value is -1.75. The van der Waals surface area contributed by atoms with Crippen LogP contribution in [0.4, 0.5) is 0 Å². The first-order chi connectivity index (χ1) is 11.6. The number of aryl methyl sites for hydroxylation is 1. The van der Waals surface area contributed by atoms with Gasteiger partial charge in [0.25, 0.3) is 0 Å². The van der Waals surface area contributed by atoms with E-state index < -0.39 is 0 Å². The van der Waals surface area contributed by atoms with Gasteiger partial charge in [0.05, 0.1) is 7.11 Å². The Kier molecular flexibility index (Phi) is 7.37. The van der Waals surface area contributed by atoms with Crippen molar-refractivity contribution in [3.05, 3.63) is 58.1 Å². The zero-order valence-corrected chi connectivity index (χ0v) is 14.9. The third kappa shape index (κ3) is 5.41. The van der Waals surface area contributed by atoms with Crippen molar-refractivity contribution in [1.29, 1.82) is 0 Å². The molecule has 0 saturated heterocycles. The number of benzene rings is 2. The molecule has 0 aliphatic heterocycles. The lowest BCUT2D eigenvalue weighted by atomic mass is 10.1. The summed E-state index contributed by atoms with van der Waals surface area (Å²) in [4.78, 5) is 0. The van der Waals surface area contributed by atoms with E-state index >= 15 is 0 Å². The van der Waals surface area contributed by atoms with Crippen molar-refractivity contribution in [2.45, 2.75) is 26.5 Å². The SMILES string of the molecule is COc1cc(CNCCCO)c(Cl)cc1OCc1ccc(C)cc1. The summed E-state index contributed by atoms with van der Waals surface area (Å²) in [5.41, 5.74) is 3.25. The molecule has 0 saturated carbocycles. The molecular weight excluding hydrogens is 326 g/mol. The van der Waals surface area contributed by atoms with E-state index in [0.717, 1.165) is 17.7 Å². The molecule has 4 nitrogen and oxygen atoms in total. The molecule has 2 aromatic rings. The smallest absolute Gasteiger partial charge is 0.163 e. The van der Waals surface area contributed by atoms with Crippen molar-refractivity contribution < 1.29 is 14.6 Å². The van der Waals surface area contributed by atoms with E-state index in [0.29, 0.717) is 36.1 Å². The van der Waals surface area contributed by atoms with Crippen molar-refractivity contribution in [3.8, 4) is 11.5 Å². The molecule has 0 aromatic heterocycles. The maximum absolute atomic E-state index is 8.80. The molecular formula is C19H24ClNO3. The molecule has 2 aromatic carbocycles. The fourth-order valence-electron chi connectivity index (χ4n) is 2.26. The molecule has 0 bridgehead atoms. The van der Waals surface area contributed by atoms with Gasteiger partial charge < -0.3 is 19.9 Å². The zero-order valence-electron chi connectivity index (χ0n) is 14.1. The second-order valence-electron chi connectivity index (χ2n) is 5.62. The monoisotopic (exact) mass is 349 g/mol. The van der Waals surface area contributed by atoms with Crippen LogP contribution >= 0.6 is 11.6 Å². The number of halogens is 1. The molecule has 5 heteroatoms. The number of ether oxygens (including phenoxy) is 2. The van der Waals surface area contributed by atoms with Crippen LogP contribution in [-0.4, -0.2) is 25.4 Å². The summed E-state index contributed by atoms with van der Waals surface area (Å²) in [5, 5.41) is 12.7. The van der Waals surface area contributed by atoms with Crippen LogP contribution in [0.25, 0.3) is 0 Å². The van der Waals surface area contributed by atoms with Crippen LogP contribution in [0.3, 0.4) is 0 Å². The molecule has 0 radical (unpaired) electrons. The highest BCUT2D eigenvalue weighted by atomic mass is 35.5. The minimum Gasteiger partial charge on any atom is -0.493 e. The van der Waals surface area contributed by atoms with Gasteiger partial charge in [0.15, 0.2) is 11.5 Å². The fraction of sp³-hybridized carbons (Fsp3) is 0.368. The molecule has 0 atom stereocenters. The standard InChI is InChI=1S/C19H24ClNO3/c1-14-4-6-15(7-5-14)13-24-19-11-17(20)16(10-18(19)23-2)12-21-8-3-9-22/h4-7,10-11,21-22H,3,8-9,12-13H2,1-2H3. The van der Waals surface area contributed by atoms with E-state index in [1.54, 1.807) is 13.2 Å². The lowest BCUT2D eigenvalue weighted by Crippen LogP contribution is -2.16. The lowest BCUT2D eigenvalue weighted by Gasteiger charge is -2.14. The quantitative estimate of drug-likeness (QED) is 0.678. The minimum absolute atomic E-state index is 0.176. The minimum atomic E-state index is 0.176. The number of aliphatic hydroxyl groups is 1. The fourth-order valence-corrected chi connectivity index (χ4v) is 2.48. The Bertz CT molecular complexity index is 644. The molecule has 2 rings (SSSR count). The summed E-state index contributed by atoms with van der Waals surface area (Å²) >= 11 is 6.35. The molecule has 0 aliphatic carbocycles. The summed E-state index contributed by atoms with van der Waals surface area (Å²) in [6.07, 6.45) is 0.715. The van der Waals surface area contributed by atoms with Crippen LogP contribution in [0.15, 0.2) is 36.4 Å². The van der Waals surface area contributed by atoms with E-state index in [2.05, 4.69) is 24.4 Å². The predicted octanol–water partition coefficient (Wildman–Crippen LogP) is 3.71. The van der Waals surface area contributed by atoms with Crippen LogP contribution in [0.5, 0.6) is 11.5 Å². The Morgan fingerprint density at radius 2 is 1.88 bits per heavy atom. The molecule has 0 aliphatic rings. The summed E-state index contributed by atoms with van der Waals surface area (Å²) in [6.45, 7) is 4.05. The average Bonchev–Trinajstić information content (AvgIpc) is 2.59. The van der Waals surface area contributed by atoms with E-state index in [-0.39, 0.29) is 6.61 Å². The summed E-state index contributed by atoms with van der Waals surface area (Å²) in [6, 6.07) is 11.9. The highest BCUT2D eigenvalue weighted by molar-refractivity contribution is 6.31. The van der Waals surface area contributed by atoms with E-state index in [1.807, 2.05) is 18.2 Å². The van der Waals surface area contributed by atoms with Gasteiger partial charge in [0.1, 0.15) is 6.61 Å². The topological polar surface area (TPSA) is 50.7 Å².